The third kappa shape index (κ3) is 7.16. The summed E-state index contributed by atoms with van der Waals surface area (Å²) < 4.78 is 21.8. The number of nitrogens with zero attached hydrogens (tertiary/aromatic N) is 2. The van der Waals surface area contributed by atoms with E-state index < -0.39 is 12.1 Å². The Hall–Kier alpha value is -4.63. The zero-order chi connectivity index (χ0) is 29.3. The number of hydrogen-bond donors (Lipinski definition) is 0. The largest absolute Gasteiger partial charge is 0.497 e. The van der Waals surface area contributed by atoms with Gasteiger partial charge in [-0.05, 0) is 73.2 Å². The number of hydrogen-bond acceptors (Lipinski definition) is 8. The van der Waals surface area contributed by atoms with Gasteiger partial charge < -0.3 is 23.8 Å². The number of ether oxygens (including phenoxy) is 4. The van der Waals surface area contributed by atoms with Crippen LogP contribution >= 0.6 is 11.8 Å². The number of fused-ring (bicyclic) bond motifs is 2. The van der Waals surface area contributed by atoms with Crippen molar-refractivity contribution >= 4 is 35.2 Å². The van der Waals surface area contributed by atoms with E-state index in [9.17, 15) is 9.59 Å². The van der Waals surface area contributed by atoms with Crippen LogP contribution in [0.2, 0.25) is 0 Å². The average molecular weight is 585 g/mol. The lowest BCUT2D eigenvalue weighted by Crippen LogP contribution is -2.38. The maximum atomic E-state index is 13.0. The predicted molar refractivity (Wildman–Crippen MR) is 162 cm³/mol. The first-order valence-electron chi connectivity index (χ1n) is 13.7. The highest BCUT2D eigenvalue weighted by molar-refractivity contribution is 7.99. The van der Waals surface area contributed by atoms with Gasteiger partial charge in [-0.1, -0.05) is 48.2 Å². The van der Waals surface area contributed by atoms with Crippen LogP contribution in [0.25, 0.3) is 0 Å². The van der Waals surface area contributed by atoms with Crippen molar-refractivity contribution in [2.45, 2.75) is 23.3 Å². The number of carbonyl (C=O) groups excluding carboxylic acids is 2. The van der Waals surface area contributed by atoms with E-state index in [4.69, 9.17) is 18.9 Å². The summed E-state index contributed by atoms with van der Waals surface area (Å²) in [7, 11) is 1.56. The van der Waals surface area contributed by atoms with Gasteiger partial charge in [0.2, 0.25) is 0 Å². The van der Waals surface area contributed by atoms with Gasteiger partial charge in [0, 0.05) is 16.3 Å². The van der Waals surface area contributed by atoms with Gasteiger partial charge in [-0.3, -0.25) is 9.69 Å². The van der Waals surface area contributed by atoms with Crippen molar-refractivity contribution < 1.29 is 28.5 Å². The number of esters is 1. The summed E-state index contributed by atoms with van der Waals surface area (Å²) in [5.41, 5.74) is 3.15. The molecule has 9 heteroatoms. The minimum atomic E-state index is -0.659. The van der Waals surface area contributed by atoms with Gasteiger partial charge in [-0.25, -0.2) is 4.79 Å². The fourth-order valence-corrected chi connectivity index (χ4v) is 5.64. The fourth-order valence-electron chi connectivity index (χ4n) is 4.54. The molecule has 0 aromatic heterocycles. The molecule has 1 heterocycles. The highest BCUT2D eigenvalue weighted by Gasteiger charge is 2.23. The molecule has 42 heavy (non-hydrogen) atoms. The van der Waals surface area contributed by atoms with Gasteiger partial charge in [0.15, 0.2) is 0 Å². The molecule has 0 spiro atoms. The van der Waals surface area contributed by atoms with E-state index in [0.29, 0.717) is 30.4 Å². The molecule has 0 radical (unpaired) electrons. The Morgan fingerprint density at radius 1 is 0.786 bits per heavy atom. The van der Waals surface area contributed by atoms with Crippen molar-refractivity contribution in [2.24, 2.45) is 0 Å². The van der Waals surface area contributed by atoms with Crippen LogP contribution in [0.1, 0.15) is 12.5 Å². The van der Waals surface area contributed by atoms with Crippen molar-refractivity contribution in [2.75, 3.05) is 38.3 Å². The highest BCUT2D eigenvalue weighted by Crippen LogP contribution is 2.47. The van der Waals surface area contributed by atoms with Crippen LogP contribution < -0.4 is 19.1 Å². The standard InChI is InChI=1S/C33H32N2O6S/c1-3-39-32(36)23-34(33(37)41-27-18-16-25(38-2)17-19-27)22-24-12-14-26(15-13-24)40-21-20-35-28-8-4-6-10-30(28)42-31-11-7-5-9-29(31)35/h4-19H,3,20-23H2,1-2H3. The predicted octanol–water partition coefficient (Wildman–Crippen LogP) is 6.94. The number of para-hydroxylation sites is 2. The normalized spacial score (nSPS) is 11.6. The molecule has 0 saturated carbocycles. The van der Waals surface area contributed by atoms with Gasteiger partial charge in [-0.2, -0.15) is 0 Å². The SMILES string of the molecule is CCOC(=O)CN(Cc1ccc(OCCN2c3ccccc3Sc3ccccc32)cc1)C(=O)Oc1ccc(OC)cc1. The third-order valence-electron chi connectivity index (χ3n) is 6.56. The Morgan fingerprint density at radius 3 is 2.00 bits per heavy atom. The molecule has 216 valence electrons. The zero-order valence-corrected chi connectivity index (χ0v) is 24.3. The number of carbonyl (C=O) groups is 2. The van der Waals surface area contributed by atoms with Crippen LogP contribution in [0.5, 0.6) is 17.2 Å². The summed E-state index contributed by atoms with van der Waals surface area (Å²) in [5.74, 6) is 1.19. The molecular weight excluding hydrogens is 552 g/mol. The van der Waals surface area contributed by atoms with E-state index in [1.807, 2.05) is 24.3 Å². The molecule has 0 atom stereocenters. The fraction of sp³-hybridized carbons (Fsp3) is 0.212. The second-order valence-electron chi connectivity index (χ2n) is 9.39. The van der Waals surface area contributed by atoms with E-state index in [2.05, 4.69) is 53.4 Å². The summed E-state index contributed by atoms with van der Waals surface area (Å²) in [4.78, 5) is 31.2. The molecule has 4 aromatic rings. The molecular formula is C33H32N2O6S. The summed E-state index contributed by atoms with van der Waals surface area (Å²) >= 11 is 1.78. The molecule has 0 aliphatic carbocycles. The van der Waals surface area contributed by atoms with Crippen molar-refractivity contribution in [3.8, 4) is 17.2 Å². The van der Waals surface area contributed by atoms with Gasteiger partial charge in [-0.15, -0.1) is 0 Å². The number of benzene rings is 4. The van der Waals surface area contributed by atoms with Crippen molar-refractivity contribution in [1.29, 1.82) is 0 Å². The smallest absolute Gasteiger partial charge is 0.416 e. The Balaban J connectivity index is 1.21. The molecule has 0 N–H and O–H groups in total. The lowest BCUT2D eigenvalue weighted by molar-refractivity contribution is -0.144. The number of anilines is 2. The maximum Gasteiger partial charge on any atom is 0.416 e. The van der Waals surface area contributed by atoms with E-state index in [1.165, 1.54) is 26.1 Å². The topological polar surface area (TPSA) is 77.5 Å². The Morgan fingerprint density at radius 2 is 1.38 bits per heavy atom. The molecule has 0 saturated heterocycles. The average Bonchev–Trinajstić information content (AvgIpc) is 3.01. The molecule has 4 aromatic carbocycles. The molecule has 0 fully saturated rings. The van der Waals surface area contributed by atoms with Crippen LogP contribution in [-0.4, -0.2) is 50.4 Å². The van der Waals surface area contributed by atoms with E-state index in [-0.39, 0.29) is 19.7 Å². The maximum absolute atomic E-state index is 13.0. The Labute approximate surface area is 249 Å². The Kier molecular flexibility index (Phi) is 9.51. The molecule has 0 unspecified atom stereocenters. The minimum Gasteiger partial charge on any atom is -0.497 e. The first-order valence-corrected chi connectivity index (χ1v) is 14.5. The summed E-state index contributed by atoms with van der Waals surface area (Å²) in [6, 6.07) is 30.9. The van der Waals surface area contributed by atoms with Gasteiger partial charge in [0.05, 0.1) is 31.6 Å². The van der Waals surface area contributed by atoms with Crippen LogP contribution in [0.3, 0.4) is 0 Å². The quantitative estimate of drug-likeness (QED) is 0.176. The number of amides is 1. The molecule has 0 bridgehead atoms. The first kappa shape index (κ1) is 28.9. The molecule has 5 rings (SSSR count). The molecule has 1 amide bonds. The van der Waals surface area contributed by atoms with Gasteiger partial charge in [0.1, 0.15) is 30.4 Å². The molecule has 1 aliphatic heterocycles. The molecule has 1 aliphatic rings. The minimum absolute atomic E-state index is 0.160. The van der Waals surface area contributed by atoms with E-state index in [0.717, 1.165) is 5.56 Å². The third-order valence-corrected chi connectivity index (χ3v) is 7.69. The van der Waals surface area contributed by atoms with E-state index >= 15 is 0 Å². The second kappa shape index (κ2) is 13.8. The monoisotopic (exact) mass is 584 g/mol. The van der Waals surface area contributed by atoms with E-state index in [1.54, 1.807) is 50.1 Å². The second-order valence-corrected chi connectivity index (χ2v) is 10.5. The summed E-state index contributed by atoms with van der Waals surface area (Å²) in [5, 5.41) is 0. The van der Waals surface area contributed by atoms with Crippen molar-refractivity contribution in [1.82, 2.24) is 4.90 Å². The van der Waals surface area contributed by atoms with Crippen molar-refractivity contribution in [3.63, 3.8) is 0 Å². The van der Waals surface area contributed by atoms with Crippen LogP contribution in [0, 0.1) is 0 Å². The summed E-state index contributed by atoms with van der Waals surface area (Å²) in [6.45, 7) is 3.03. The van der Waals surface area contributed by atoms with Gasteiger partial charge in [0.25, 0.3) is 0 Å². The van der Waals surface area contributed by atoms with Crippen LogP contribution in [0.15, 0.2) is 107 Å². The number of methoxy groups -OCH3 is 1. The van der Waals surface area contributed by atoms with Crippen LogP contribution in [0.4, 0.5) is 16.2 Å². The lowest BCUT2D eigenvalue weighted by Gasteiger charge is -2.32. The first-order chi connectivity index (χ1) is 20.5. The molecule has 8 nitrogen and oxygen atoms in total. The highest BCUT2D eigenvalue weighted by atomic mass is 32.2. The Bertz CT molecular complexity index is 1460. The van der Waals surface area contributed by atoms with Crippen LogP contribution in [-0.2, 0) is 16.1 Å². The van der Waals surface area contributed by atoms with Gasteiger partial charge >= 0.3 is 12.1 Å². The van der Waals surface area contributed by atoms with Crippen molar-refractivity contribution in [3.05, 3.63) is 103 Å². The zero-order valence-electron chi connectivity index (χ0n) is 23.5. The lowest BCUT2D eigenvalue weighted by atomic mass is 10.2. The number of rotatable bonds is 11. The summed E-state index contributed by atoms with van der Waals surface area (Å²) in [6.07, 6.45) is -0.659.